The van der Waals surface area contributed by atoms with Crippen LogP contribution in [-0.4, -0.2) is 66.6 Å². The van der Waals surface area contributed by atoms with Crippen LogP contribution in [0.3, 0.4) is 0 Å². The first-order chi connectivity index (χ1) is 10.4. The Morgan fingerprint density at radius 3 is 2.52 bits per heavy atom. The average Bonchev–Trinajstić information content (AvgIpc) is 2.56. The van der Waals surface area contributed by atoms with Gasteiger partial charge >= 0.3 is 0 Å². The summed E-state index contributed by atoms with van der Waals surface area (Å²) in [5.74, 6) is 2.59. The smallest absolute Gasteiger partial charge is 0.0234 e. The number of hydrogen-bond acceptors (Lipinski definition) is 4. The molecule has 2 saturated heterocycles. The van der Waals surface area contributed by atoms with Crippen LogP contribution in [0.5, 0.6) is 0 Å². The molecule has 1 unspecified atom stereocenters. The predicted molar refractivity (Wildman–Crippen MR) is 91.9 cm³/mol. The van der Waals surface area contributed by atoms with E-state index < -0.39 is 0 Å². The highest BCUT2D eigenvalue weighted by Gasteiger charge is 2.19. The largest absolute Gasteiger partial charge is 0.312 e. The van der Waals surface area contributed by atoms with Gasteiger partial charge in [-0.15, -0.1) is 0 Å². The molecule has 2 heterocycles. The standard InChI is InChI=1S/C17H27N3S/c1-2-4-16(5-3-1)14-20-11-9-19(10-12-20)8-6-17-15-21-13-7-18-17/h1-5,17-18H,6-15H2. The van der Waals surface area contributed by atoms with Crippen molar-refractivity contribution in [1.82, 2.24) is 15.1 Å². The Morgan fingerprint density at radius 2 is 1.81 bits per heavy atom. The first-order valence-electron chi connectivity index (χ1n) is 8.20. The zero-order chi connectivity index (χ0) is 14.3. The van der Waals surface area contributed by atoms with E-state index >= 15 is 0 Å². The van der Waals surface area contributed by atoms with Crippen molar-refractivity contribution in [2.24, 2.45) is 0 Å². The Labute approximate surface area is 133 Å². The minimum Gasteiger partial charge on any atom is -0.312 e. The molecule has 1 N–H and O–H groups in total. The Kier molecular flexibility index (Phi) is 5.98. The Balaban J connectivity index is 1.35. The fourth-order valence-corrected chi connectivity index (χ4v) is 4.15. The Hall–Kier alpha value is -0.550. The summed E-state index contributed by atoms with van der Waals surface area (Å²) in [6.07, 6.45) is 1.31. The molecule has 3 nitrogen and oxygen atoms in total. The van der Waals surface area contributed by atoms with E-state index in [0.29, 0.717) is 0 Å². The lowest BCUT2D eigenvalue weighted by atomic mass is 10.2. The van der Waals surface area contributed by atoms with Gasteiger partial charge in [-0.1, -0.05) is 30.3 Å². The van der Waals surface area contributed by atoms with Gasteiger partial charge in [-0.05, 0) is 18.5 Å². The number of nitrogens with one attached hydrogen (secondary N) is 1. The maximum Gasteiger partial charge on any atom is 0.0234 e. The van der Waals surface area contributed by atoms with E-state index in [2.05, 4.69) is 57.2 Å². The summed E-state index contributed by atoms with van der Waals surface area (Å²) in [5.41, 5.74) is 1.44. The highest BCUT2D eigenvalue weighted by atomic mass is 32.2. The maximum absolute atomic E-state index is 3.64. The molecule has 2 fully saturated rings. The SMILES string of the molecule is c1ccc(CN2CCN(CCC3CSCCN3)CC2)cc1. The quantitative estimate of drug-likeness (QED) is 0.895. The molecule has 116 valence electrons. The van der Waals surface area contributed by atoms with Gasteiger partial charge in [-0.2, -0.15) is 11.8 Å². The van der Waals surface area contributed by atoms with Crippen LogP contribution < -0.4 is 5.32 Å². The van der Waals surface area contributed by atoms with Gasteiger partial charge in [-0.3, -0.25) is 4.90 Å². The molecule has 1 aromatic carbocycles. The third-order valence-corrected chi connectivity index (χ3v) is 5.64. The molecule has 0 radical (unpaired) electrons. The van der Waals surface area contributed by atoms with Crippen LogP contribution in [0, 0.1) is 0 Å². The van der Waals surface area contributed by atoms with Crippen LogP contribution in [-0.2, 0) is 6.54 Å². The number of hydrogen-bond donors (Lipinski definition) is 1. The number of nitrogens with zero attached hydrogens (tertiary/aromatic N) is 2. The van der Waals surface area contributed by atoms with Crippen LogP contribution in [0.15, 0.2) is 30.3 Å². The number of rotatable bonds is 5. The van der Waals surface area contributed by atoms with Crippen molar-refractivity contribution in [2.75, 3.05) is 50.8 Å². The summed E-state index contributed by atoms with van der Waals surface area (Å²) in [7, 11) is 0. The molecule has 0 amide bonds. The second kappa shape index (κ2) is 8.18. The molecule has 4 heteroatoms. The summed E-state index contributed by atoms with van der Waals surface area (Å²) in [6.45, 7) is 8.44. The summed E-state index contributed by atoms with van der Waals surface area (Å²) in [4.78, 5) is 5.23. The van der Waals surface area contributed by atoms with Crippen molar-refractivity contribution in [3.8, 4) is 0 Å². The van der Waals surface area contributed by atoms with Gasteiger partial charge in [0.05, 0.1) is 0 Å². The Bertz CT molecular complexity index is 398. The molecule has 0 aromatic heterocycles. The van der Waals surface area contributed by atoms with Crippen LogP contribution >= 0.6 is 11.8 Å². The minimum atomic E-state index is 0.742. The van der Waals surface area contributed by atoms with E-state index in [4.69, 9.17) is 0 Å². The molecule has 21 heavy (non-hydrogen) atoms. The second-order valence-electron chi connectivity index (χ2n) is 6.12. The predicted octanol–water partition coefficient (Wildman–Crippen LogP) is 1.90. The minimum absolute atomic E-state index is 0.742. The van der Waals surface area contributed by atoms with Crippen molar-refractivity contribution in [3.63, 3.8) is 0 Å². The summed E-state index contributed by atoms with van der Waals surface area (Å²) >= 11 is 2.10. The van der Waals surface area contributed by atoms with E-state index in [1.807, 2.05) is 0 Å². The molecule has 2 aliphatic heterocycles. The molecule has 1 atom stereocenters. The number of benzene rings is 1. The van der Waals surface area contributed by atoms with Crippen molar-refractivity contribution < 1.29 is 0 Å². The van der Waals surface area contributed by atoms with E-state index in [1.165, 1.54) is 62.8 Å². The van der Waals surface area contributed by atoms with E-state index in [-0.39, 0.29) is 0 Å². The molecule has 0 saturated carbocycles. The van der Waals surface area contributed by atoms with E-state index in [0.717, 1.165) is 12.6 Å². The molecule has 0 spiro atoms. The molecule has 3 rings (SSSR count). The normalized spacial score (nSPS) is 25.0. The zero-order valence-corrected chi connectivity index (χ0v) is 13.7. The molecular weight excluding hydrogens is 278 g/mol. The van der Waals surface area contributed by atoms with Gasteiger partial charge in [-0.25, -0.2) is 0 Å². The lowest BCUT2D eigenvalue weighted by molar-refractivity contribution is 0.124. The summed E-state index contributed by atoms with van der Waals surface area (Å²) < 4.78 is 0. The lowest BCUT2D eigenvalue weighted by Gasteiger charge is -2.35. The van der Waals surface area contributed by atoms with Crippen LogP contribution in [0.25, 0.3) is 0 Å². The number of piperazine rings is 1. The summed E-state index contributed by atoms with van der Waals surface area (Å²) in [6, 6.07) is 11.6. The van der Waals surface area contributed by atoms with E-state index in [1.54, 1.807) is 0 Å². The first kappa shape index (κ1) is 15.3. The Morgan fingerprint density at radius 1 is 1.05 bits per heavy atom. The van der Waals surface area contributed by atoms with Gasteiger partial charge in [0, 0.05) is 56.8 Å². The lowest BCUT2D eigenvalue weighted by Crippen LogP contribution is -2.47. The topological polar surface area (TPSA) is 18.5 Å². The summed E-state index contributed by atoms with van der Waals surface area (Å²) in [5, 5.41) is 3.64. The first-order valence-corrected chi connectivity index (χ1v) is 9.35. The van der Waals surface area contributed by atoms with Gasteiger partial charge in [0.1, 0.15) is 0 Å². The van der Waals surface area contributed by atoms with Crippen molar-refractivity contribution in [3.05, 3.63) is 35.9 Å². The van der Waals surface area contributed by atoms with E-state index in [9.17, 15) is 0 Å². The molecule has 0 aliphatic carbocycles. The molecule has 2 aliphatic rings. The van der Waals surface area contributed by atoms with Crippen molar-refractivity contribution in [2.45, 2.75) is 19.0 Å². The molecule has 1 aromatic rings. The van der Waals surface area contributed by atoms with Gasteiger partial charge in [0.15, 0.2) is 0 Å². The van der Waals surface area contributed by atoms with Crippen LogP contribution in [0.2, 0.25) is 0 Å². The van der Waals surface area contributed by atoms with Crippen LogP contribution in [0.1, 0.15) is 12.0 Å². The van der Waals surface area contributed by atoms with Crippen LogP contribution in [0.4, 0.5) is 0 Å². The third kappa shape index (κ3) is 4.99. The molecular formula is C17H27N3S. The van der Waals surface area contributed by atoms with Gasteiger partial charge in [0.2, 0.25) is 0 Å². The third-order valence-electron chi connectivity index (χ3n) is 4.51. The average molecular weight is 305 g/mol. The fourth-order valence-electron chi connectivity index (χ4n) is 3.16. The highest BCUT2D eigenvalue weighted by molar-refractivity contribution is 7.99. The zero-order valence-electron chi connectivity index (χ0n) is 12.8. The second-order valence-corrected chi connectivity index (χ2v) is 7.27. The van der Waals surface area contributed by atoms with Crippen molar-refractivity contribution in [1.29, 1.82) is 0 Å². The highest BCUT2D eigenvalue weighted by Crippen LogP contribution is 2.12. The number of thioether (sulfide) groups is 1. The molecule has 0 bridgehead atoms. The van der Waals surface area contributed by atoms with Crippen molar-refractivity contribution >= 4 is 11.8 Å². The monoisotopic (exact) mass is 305 g/mol. The van der Waals surface area contributed by atoms with Gasteiger partial charge in [0.25, 0.3) is 0 Å². The maximum atomic E-state index is 3.64. The fraction of sp³-hybridized carbons (Fsp3) is 0.647. The van der Waals surface area contributed by atoms with Gasteiger partial charge < -0.3 is 10.2 Å².